The lowest BCUT2D eigenvalue weighted by atomic mass is 10.2. The molecule has 0 spiro atoms. The highest BCUT2D eigenvalue weighted by atomic mass is 32.1. The minimum Gasteiger partial charge on any atom is -0.326 e. The fourth-order valence-electron chi connectivity index (χ4n) is 1.45. The third kappa shape index (κ3) is 1.47. The summed E-state index contributed by atoms with van der Waals surface area (Å²) in [5.74, 6) is 0. The van der Waals surface area contributed by atoms with Crippen LogP contribution in [0.4, 0.5) is 0 Å². The minimum absolute atomic E-state index is 0.618. The molecule has 3 nitrogen and oxygen atoms in total. The van der Waals surface area contributed by atoms with Crippen molar-refractivity contribution in [2.45, 2.75) is 26.3 Å². The van der Waals surface area contributed by atoms with Crippen molar-refractivity contribution in [1.29, 1.82) is 0 Å². The molecule has 0 fully saturated rings. The monoisotopic (exact) mass is 195 g/mol. The number of aryl methyl sites for hydroxylation is 1. The van der Waals surface area contributed by atoms with Gasteiger partial charge in [0.2, 0.25) is 0 Å². The van der Waals surface area contributed by atoms with Crippen molar-refractivity contribution in [2.24, 2.45) is 5.73 Å². The van der Waals surface area contributed by atoms with E-state index in [-0.39, 0.29) is 0 Å². The molecule has 0 amide bonds. The van der Waals surface area contributed by atoms with Crippen LogP contribution in [0.3, 0.4) is 0 Å². The molecule has 4 heteroatoms. The highest BCUT2D eigenvalue weighted by Gasteiger charge is 2.07. The van der Waals surface area contributed by atoms with Gasteiger partial charge in [0.1, 0.15) is 4.83 Å². The van der Waals surface area contributed by atoms with E-state index in [4.69, 9.17) is 5.73 Å². The molecule has 2 heterocycles. The third-order valence-corrected chi connectivity index (χ3v) is 3.13. The average Bonchev–Trinajstić information content (AvgIpc) is 2.67. The molecule has 0 bridgehead atoms. The first-order valence-corrected chi connectivity index (χ1v) is 5.32. The van der Waals surface area contributed by atoms with E-state index in [0.29, 0.717) is 6.54 Å². The summed E-state index contributed by atoms with van der Waals surface area (Å²) in [5.41, 5.74) is 6.81. The van der Waals surface area contributed by atoms with Gasteiger partial charge in [0.15, 0.2) is 0 Å². The van der Waals surface area contributed by atoms with Crippen LogP contribution < -0.4 is 5.73 Å². The van der Waals surface area contributed by atoms with Gasteiger partial charge in [-0.2, -0.15) is 5.10 Å². The third-order valence-electron chi connectivity index (χ3n) is 2.08. The zero-order chi connectivity index (χ0) is 9.26. The van der Waals surface area contributed by atoms with E-state index in [9.17, 15) is 0 Å². The predicted octanol–water partition coefficient (Wildman–Crippen LogP) is 2.04. The van der Waals surface area contributed by atoms with Crippen LogP contribution in [0.1, 0.15) is 23.9 Å². The fraction of sp³-hybridized carbons (Fsp3) is 0.444. The molecule has 0 radical (unpaired) electrons. The molecule has 70 valence electrons. The summed E-state index contributed by atoms with van der Waals surface area (Å²) < 4.78 is 0. The van der Waals surface area contributed by atoms with Crippen molar-refractivity contribution >= 4 is 21.6 Å². The molecule has 0 atom stereocenters. The van der Waals surface area contributed by atoms with Gasteiger partial charge in [0, 0.05) is 22.5 Å². The molecule has 13 heavy (non-hydrogen) atoms. The summed E-state index contributed by atoms with van der Waals surface area (Å²) >= 11 is 1.68. The zero-order valence-corrected chi connectivity index (χ0v) is 8.45. The highest BCUT2D eigenvalue weighted by Crippen LogP contribution is 2.26. The van der Waals surface area contributed by atoms with E-state index in [1.54, 1.807) is 11.3 Å². The Labute approximate surface area is 81.0 Å². The van der Waals surface area contributed by atoms with Crippen LogP contribution in [0.25, 0.3) is 10.2 Å². The summed E-state index contributed by atoms with van der Waals surface area (Å²) in [6.45, 7) is 2.79. The standard InChI is InChI=1S/C9H13N3S/c1-2-3-8-7-4-6(5-10)13-9(7)12-11-8/h4H,2-3,5,10H2,1H3,(H,11,12). The number of fused-ring (bicyclic) bond motifs is 1. The first kappa shape index (κ1) is 8.72. The Morgan fingerprint density at radius 3 is 3.15 bits per heavy atom. The van der Waals surface area contributed by atoms with Gasteiger partial charge in [-0.25, -0.2) is 0 Å². The van der Waals surface area contributed by atoms with Gasteiger partial charge in [-0.1, -0.05) is 13.3 Å². The molecule has 0 saturated heterocycles. The van der Waals surface area contributed by atoms with Crippen molar-refractivity contribution in [2.75, 3.05) is 0 Å². The van der Waals surface area contributed by atoms with Crippen molar-refractivity contribution < 1.29 is 0 Å². The van der Waals surface area contributed by atoms with E-state index in [0.717, 1.165) is 17.7 Å². The van der Waals surface area contributed by atoms with Gasteiger partial charge in [-0.05, 0) is 12.5 Å². The summed E-state index contributed by atoms with van der Waals surface area (Å²) in [7, 11) is 0. The Hall–Kier alpha value is -0.870. The molecular weight excluding hydrogens is 182 g/mol. The maximum atomic E-state index is 5.57. The number of H-pyrrole nitrogens is 1. The number of hydrogen-bond donors (Lipinski definition) is 2. The van der Waals surface area contributed by atoms with E-state index in [1.165, 1.54) is 16.0 Å². The second-order valence-electron chi connectivity index (χ2n) is 3.09. The first-order chi connectivity index (χ1) is 6.35. The van der Waals surface area contributed by atoms with Gasteiger partial charge < -0.3 is 5.73 Å². The summed E-state index contributed by atoms with van der Waals surface area (Å²) in [4.78, 5) is 2.30. The van der Waals surface area contributed by atoms with Crippen LogP contribution >= 0.6 is 11.3 Å². The van der Waals surface area contributed by atoms with Gasteiger partial charge >= 0.3 is 0 Å². The maximum absolute atomic E-state index is 5.57. The lowest BCUT2D eigenvalue weighted by Gasteiger charge is -1.90. The average molecular weight is 195 g/mol. The second-order valence-corrected chi connectivity index (χ2v) is 4.20. The van der Waals surface area contributed by atoms with Crippen molar-refractivity contribution in [3.05, 3.63) is 16.6 Å². The Morgan fingerprint density at radius 1 is 1.62 bits per heavy atom. The van der Waals surface area contributed by atoms with E-state index in [1.807, 2.05) is 0 Å². The number of aromatic amines is 1. The SMILES string of the molecule is CCCc1[nH]nc2sc(CN)cc12. The van der Waals surface area contributed by atoms with Crippen LogP contribution in [0, 0.1) is 0 Å². The van der Waals surface area contributed by atoms with Crippen molar-refractivity contribution in [3.8, 4) is 0 Å². The summed E-state index contributed by atoms with van der Waals surface area (Å²) in [5, 5.41) is 8.57. The molecule has 0 aliphatic heterocycles. The van der Waals surface area contributed by atoms with Gasteiger partial charge in [-0.15, -0.1) is 11.3 Å². The molecular formula is C9H13N3S. The number of nitrogens with two attached hydrogens (primary N) is 1. The quantitative estimate of drug-likeness (QED) is 0.787. The maximum Gasteiger partial charge on any atom is 0.145 e. The van der Waals surface area contributed by atoms with Crippen LogP contribution in [0.15, 0.2) is 6.07 Å². The van der Waals surface area contributed by atoms with Crippen LogP contribution in [0.2, 0.25) is 0 Å². The second kappa shape index (κ2) is 3.47. The molecule has 0 aliphatic carbocycles. The molecule has 2 aromatic heterocycles. The van der Waals surface area contributed by atoms with Crippen LogP contribution in [-0.2, 0) is 13.0 Å². The van der Waals surface area contributed by atoms with E-state index in [2.05, 4.69) is 23.2 Å². The lowest BCUT2D eigenvalue weighted by Crippen LogP contribution is -1.91. The Morgan fingerprint density at radius 2 is 2.46 bits per heavy atom. The predicted molar refractivity (Wildman–Crippen MR) is 55.9 cm³/mol. The van der Waals surface area contributed by atoms with E-state index < -0.39 is 0 Å². The van der Waals surface area contributed by atoms with Crippen LogP contribution in [-0.4, -0.2) is 10.2 Å². The van der Waals surface area contributed by atoms with Gasteiger partial charge in [-0.3, -0.25) is 5.10 Å². The highest BCUT2D eigenvalue weighted by molar-refractivity contribution is 7.18. The summed E-state index contributed by atoms with van der Waals surface area (Å²) in [6.07, 6.45) is 2.21. The van der Waals surface area contributed by atoms with Gasteiger partial charge in [0.25, 0.3) is 0 Å². The fourth-order valence-corrected chi connectivity index (χ4v) is 2.34. The van der Waals surface area contributed by atoms with Crippen molar-refractivity contribution in [1.82, 2.24) is 10.2 Å². The van der Waals surface area contributed by atoms with Crippen LogP contribution in [0.5, 0.6) is 0 Å². The van der Waals surface area contributed by atoms with Gasteiger partial charge in [0.05, 0.1) is 0 Å². The molecule has 0 aromatic carbocycles. The smallest absolute Gasteiger partial charge is 0.145 e. The number of nitrogens with one attached hydrogen (secondary N) is 1. The molecule has 2 aromatic rings. The van der Waals surface area contributed by atoms with E-state index >= 15 is 0 Å². The number of aromatic nitrogens is 2. The molecule has 0 aliphatic rings. The number of hydrogen-bond acceptors (Lipinski definition) is 3. The first-order valence-electron chi connectivity index (χ1n) is 4.51. The Kier molecular flexibility index (Phi) is 2.33. The zero-order valence-electron chi connectivity index (χ0n) is 7.63. The van der Waals surface area contributed by atoms with Crippen molar-refractivity contribution in [3.63, 3.8) is 0 Å². The largest absolute Gasteiger partial charge is 0.326 e. The molecule has 3 N–H and O–H groups in total. The number of rotatable bonds is 3. The number of thiophene rings is 1. The minimum atomic E-state index is 0.618. The summed E-state index contributed by atoms with van der Waals surface area (Å²) in [6, 6.07) is 2.15. The Balaban J connectivity index is 2.46. The molecule has 2 rings (SSSR count). The lowest BCUT2D eigenvalue weighted by molar-refractivity contribution is 0.874. The number of nitrogens with zero attached hydrogens (tertiary/aromatic N) is 1. The Bertz CT molecular complexity index is 402. The normalized spacial score (nSPS) is 11.2. The molecule has 0 saturated carbocycles. The molecule has 0 unspecified atom stereocenters. The topological polar surface area (TPSA) is 54.7 Å².